The van der Waals surface area contributed by atoms with Gasteiger partial charge in [-0.25, -0.2) is 0 Å². The van der Waals surface area contributed by atoms with E-state index < -0.39 is 6.10 Å². The first kappa shape index (κ1) is 17.9. The highest BCUT2D eigenvalue weighted by molar-refractivity contribution is 6.12. The average molecular weight is 403 g/mol. The Balaban J connectivity index is 1.30. The molecular weight excluding hydrogens is 382 g/mol. The zero-order valence-corrected chi connectivity index (χ0v) is 17.1. The molecule has 31 heavy (non-hydrogen) atoms. The van der Waals surface area contributed by atoms with Gasteiger partial charge in [-0.2, -0.15) is 0 Å². The minimum atomic E-state index is -0.635. The second kappa shape index (κ2) is 6.56. The van der Waals surface area contributed by atoms with Crippen molar-refractivity contribution in [3.8, 4) is 11.1 Å². The number of nitrogens with zero attached hydrogens (tertiary/aromatic N) is 1. The van der Waals surface area contributed by atoms with E-state index in [0.29, 0.717) is 0 Å². The van der Waals surface area contributed by atoms with Crippen molar-refractivity contribution in [2.24, 2.45) is 0 Å². The number of benzene rings is 4. The lowest BCUT2D eigenvalue weighted by atomic mass is 10.0. The Kier molecular flexibility index (Phi) is 3.79. The van der Waals surface area contributed by atoms with E-state index in [1.807, 2.05) is 54.4 Å². The van der Waals surface area contributed by atoms with Gasteiger partial charge in [0, 0.05) is 18.3 Å². The fourth-order valence-corrected chi connectivity index (χ4v) is 4.80. The van der Waals surface area contributed by atoms with Gasteiger partial charge in [0.15, 0.2) is 5.96 Å². The zero-order chi connectivity index (χ0) is 21.1. The van der Waals surface area contributed by atoms with E-state index in [-0.39, 0.29) is 5.96 Å². The SMILES string of the molecule is CN(C(=N)Nc1ccc2c(c1)C(O)c1ccccc1-2)c1ccc2cccc3c2c1C=C3. The lowest BCUT2D eigenvalue weighted by Crippen LogP contribution is -2.32. The standard InChI is InChI=1S/C27H21N3O/c1-30(24-14-10-17-6-4-5-16-9-12-22(24)25(16)17)27(28)29-18-11-13-20-19-7-2-3-8-21(19)26(31)23(20)15-18/h2-15,26,31H,1H3,(H2,28,29). The van der Waals surface area contributed by atoms with E-state index in [4.69, 9.17) is 5.41 Å². The van der Waals surface area contributed by atoms with Crippen LogP contribution in [0, 0.1) is 5.41 Å². The summed E-state index contributed by atoms with van der Waals surface area (Å²) < 4.78 is 0. The lowest BCUT2D eigenvalue weighted by molar-refractivity contribution is 0.225. The smallest absolute Gasteiger partial charge is 0.199 e. The number of hydrogen-bond acceptors (Lipinski definition) is 2. The van der Waals surface area contributed by atoms with Crippen molar-refractivity contribution in [1.29, 1.82) is 5.41 Å². The number of anilines is 2. The molecule has 0 fully saturated rings. The topological polar surface area (TPSA) is 59.4 Å². The average Bonchev–Trinajstić information content (AvgIpc) is 3.35. The van der Waals surface area contributed by atoms with Gasteiger partial charge in [-0.05, 0) is 56.8 Å². The first-order chi connectivity index (χ1) is 15.1. The molecule has 0 aromatic heterocycles. The van der Waals surface area contributed by atoms with Gasteiger partial charge in [0.25, 0.3) is 0 Å². The summed E-state index contributed by atoms with van der Waals surface area (Å²) in [5.41, 5.74) is 8.06. The summed E-state index contributed by atoms with van der Waals surface area (Å²) in [6.07, 6.45) is 3.62. The fraction of sp³-hybridized carbons (Fsp3) is 0.0741. The Morgan fingerprint density at radius 1 is 0.903 bits per heavy atom. The number of rotatable bonds is 2. The van der Waals surface area contributed by atoms with Crippen molar-refractivity contribution >= 4 is 40.3 Å². The van der Waals surface area contributed by atoms with Gasteiger partial charge >= 0.3 is 0 Å². The zero-order valence-electron chi connectivity index (χ0n) is 17.1. The van der Waals surface area contributed by atoms with Crippen LogP contribution in [0.4, 0.5) is 11.4 Å². The highest BCUT2D eigenvalue weighted by Crippen LogP contribution is 2.44. The third-order valence-corrected chi connectivity index (χ3v) is 6.38. The van der Waals surface area contributed by atoms with Crippen LogP contribution in [0.3, 0.4) is 0 Å². The molecule has 0 aliphatic heterocycles. The molecule has 2 aliphatic carbocycles. The quantitative estimate of drug-likeness (QED) is 0.255. The molecule has 0 saturated heterocycles. The van der Waals surface area contributed by atoms with Crippen molar-refractivity contribution in [3.63, 3.8) is 0 Å². The first-order valence-corrected chi connectivity index (χ1v) is 10.4. The van der Waals surface area contributed by atoms with Gasteiger partial charge in [0.05, 0.1) is 5.69 Å². The van der Waals surface area contributed by atoms with E-state index in [9.17, 15) is 5.11 Å². The molecule has 0 bridgehead atoms. The van der Waals surface area contributed by atoms with Crippen molar-refractivity contribution < 1.29 is 5.11 Å². The van der Waals surface area contributed by atoms with Crippen LogP contribution in [-0.4, -0.2) is 18.1 Å². The molecule has 1 unspecified atom stereocenters. The van der Waals surface area contributed by atoms with Crippen LogP contribution in [0.2, 0.25) is 0 Å². The summed E-state index contributed by atoms with van der Waals surface area (Å²) in [6.45, 7) is 0. The lowest BCUT2D eigenvalue weighted by Gasteiger charge is -2.23. The number of aliphatic hydroxyl groups is 1. The summed E-state index contributed by atoms with van der Waals surface area (Å²) in [5, 5.41) is 25.1. The Morgan fingerprint density at radius 3 is 2.65 bits per heavy atom. The maximum Gasteiger partial charge on any atom is 0.199 e. The normalized spacial score (nSPS) is 15.1. The van der Waals surface area contributed by atoms with E-state index in [0.717, 1.165) is 39.2 Å². The number of guanidine groups is 1. The van der Waals surface area contributed by atoms with Gasteiger partial charge in [-0.1, -0.05) is 66.7 Å². The van der Waals surface area contributed by atoms with Crippen LogP contribution in [-0.2, 0) is 0 Å². The fourth-order valence-electron chi connectivity index (χ4n) is 4.80. The predicted molar refractivity (Wildman–Crippen MR) is 129 cm³/mol. The molecule has 4 heteroatoms. The van der Waals surface area contributed by atoms with Crippen molar-refractivity contribution in [2.75, 3.05) is 17.3 Å². The van der Waals surface area contributed by atoms with Crippen LogP contribution in [0.15, 0.2) is 72.8 Å². The summed E-state index contributed by atoms with van der Waals surface area (Å²) >= 11 is 0. The van der Waals surface area contributed by atoms with Gasteiger partial charge < -0.3 is 15.3 Å². The van der Waals surface area contributed by atoms with Crippen LogP contribution in [0.1, 0.15) is 28.4 Å². The minimum absolute atomic E-state index is 0.276. The molecule has 4 aromatic carbocycles. The molecule has 6 rings (SSSR count). The third-order valence-electron chi connectivity index (χ3n) is 6.38. The van der Waals surface area contributed by atoms with Gasteiger partial charge in [-0.15, -0.1) is 0 Å². The van der Waals surface area contributed by atoms with Crippen molar-refractivity contribution in [3.05, 3.63) is 95.1 Å². The molecule has 0 spiro atoms. The van der Waals surface area contributed by atoms with E-state index in [1.54, 1.807) is 0 Å². The van der Waals surface area contributed by atoms with Crippen molar-refractivity contribution in [1.82, 2.24) is 0 Å². The molecular formula is C27H21N3O. The Morgan fingerprint density at radius 2 is 1.74 bits per heavy atom. The van der Waals surface area contributed by atoms with Crippen LogP contribution in [0.25, 0.3) is 34.1 Å². The second-order valence-corrected chi connectivity index (χ2v) is 8.10. The number of fused-ring (bicyclic) bond motifs is 3. The van der Waals surface area contributed by atoms with Gasteiger partial charge in [0.1, 0.15) is 6.10 Å². The Bertz CT molecular complexity index is 1420. The van der Waals surface area contributed by atoms with E-state index in [1.165, 1.54) is 16.3 Å². The molecule has 0 saturated carbocycles. The maximum atomic E-state index is 10.8. The Labute approximate surface area is 180 Å². The highest BCUT2D eigenvalue weighted by atomic mass is 16.3. The number of hydrogen-bond donors (Lipinski definition) is 3. The second-order valence-electron chi connectivity index (χ2n) is 8.10. The summed E-state index contributed by atoms with van der Waals surface area (Å²) in [6, 6.07) is 24.4. The molecule has 4 nitrogen and oxygen atoms in total. The molecule has 3 N–H and O–H groups in total. The molecule has 150 valence electrons. The van der Waals surface area contributed by atoms with Gasteiger partial charge in [-0.3, -0.25) is 5.41 Å². The number of nitrogens with one attached hydrogen (secondary N) is 2. The summed E-state index contributed by atoms with van der Waals surface area (Å²) in [7, 11) is 1.90. The number of aliphatic hydroxyl groups excluding tert-OH is 1. The molecule has 4 aromatic rings. The molecule has 0 heterocycles. The molecule has 1 atom stereocenters. The van der Waals surface area contributed by atoms with Crippen LogP contribution in [0.5, 0.6) is 0 Å². The minimum Gasteiger partial charge on any atom is -0.384 e. The predicted octanol–water partition coefficient (Wildman–Crippen LogP) is 5.87. The van der Waals surface area contributed by atoms with E-state index >= 15 is 0 Å². The largest absolute Gasteiger partial charge is 0.384 e. The Hall–Kier alpha value is -3.89. The highest BCUT2D eigenvalue weighted by Gasteiger charge is 2.27. The molecule has 2 aliphatic rings. The van der Waals surface area contributed by atoms with Crippen LogP contribution >= 0.6 is 0 Å². The monoisotopic (exact) mass is 403 g/mol. The van der Waals surface area contributed by atoms with Crippen LogP contribution < -0.4 is 10.2 Å². The first-order valence-electron chi connectivity index (χ1n) is 10.4. The van der Waals surface area contributed by atoms with Gasteiger partial charge in [0.2, 0.25) is 0 Å². The molecule has 0 radical (unpaired) electrons. The summed E-state index contributed by atoms with van der Waals surface area (Å²) in [4.78, 5) is 1.86. The maximum absolute atomic E-state index is 10.8. The van der Waals surface area contributed by atoms with Crippen molar-refractivity contribution in [2.45, 2.75) is 6.10 Å². The van der Waals surface area contributed by atoms with E-state index in [2.05, 4.69) is 47.8 Å². The molecule has 0 amide bonds. The summed E-state index contributed by atoms with van der Waals surface area (Å²) in [5.74, 6) is 0.276. The third kappa shape index (κ3) is 2.62.